The van der Waals surface area contributed by atoms with Crippen molar-refractivity contribution in [2.75, 3.05) is 25.2 Å². The summed E-state index contributed by atoms with van der Waals surface area (Å²) in [5.41, 5.74) is 2.32. The second-order valence-electron chi connectivity index (χ2n) is 8.51. The minimum absolute atomic E-state index is 0.0991. The summed E-state index contributed by atoms with van der Waals surface area (Å²) >= 11 is 1.09. The quantitative estimate of drug-likeness (QED) is 0.271. The highest BCUT2D eigenvalue weighted by Crippen LogP contribution is 2.31. The zero-order valence-corrected chi connectivity index (χ0v) is 22.8. The predicted octanol–water partition coefficient (Wildman–Crippen LogP) is 4.83. The Morgan fingerprint density at radius 2 is 1.79 bits per heavy atom. The summed E-state index contributed by atoms with van der Waals surface area (Å²) in [6.07, 6.45) is 0. The fraction of sp³-hybridized carbons (Fsp3) is 0.192. The van der Waals surface area contributed by atoms with Gasteiger partial charge in [-0.2, -0.15) is 8.78 Å². The fourth-order valence-corrected chi connectivity index (χ4v) is 5.34. The molecule has 13 heteroatoms. The van der Waals surface area contributed by atoms with Crippen molar-refractivity contribution in [3.05, 3.63) is 78.4 Å². The first kappa shape index (κ1) is 28.2. The summed E-state index contributed by atoms with van der Waals surface area (Å²) in [6.45, 7) is -1.10. The number of carbonyl (C=O) groups is 1. The summed E-state index contributed by atoms with van der Waals surface area (Å²) < 4.78 is 58.2. The molecule has 0 atom stereocenters. The second-order valence-corrected chi connectivity index (χ2v) is 11.6. The van der Waals surface area contributed by atoms with Gasteiger partial charge in [0.15, 0.2) is 11.0 Å². The number of hydrogen-bond acceptors (Lipinski definition) is 7. The maximum absolute atomic E-state index is 12.7. The smallest absolute Gasteiger partial charge is 0.387 e. The number of amides is 1. The number of ether oxygens (including phenoxy) is 1. The van der Waals surface area contributed by atoms with Crippen LogP contribution < -0.4 is 10.1 Å². The van der Waals surface area contributed by atoms with Crippen molar-refractivity contribution in [3.63, 3.8) is 0 Å². The molecule has 4 aromatic rings. The minimum atomic E-state index is -3.69. The van der Waals surface area contributed by atoms with Crippen LogP contribution in [-0.4, -0.2) is 59.9 Å². The summed E-state index contributed by atoms with van der Waals surface area (Å²) in [6, 6.07) is 19.8. The second kappa shape index (κ2) is 11.9. The van der Waals surface area contributed by atoms with Crippen LogP contribution in [0.2, 0.25) is 0 Å². The van der Waals surface area contributed by atoms with Gasteiger partial charge in [-0.3, -0.25) is 9.36 Å². The first-order valence-electron chi connectivity index (χ1n) is 11.6. The Kier molecular flexibility index (Phi) is 8.63. The van der Waals surface area contributed by atoms with Crippen molar-refractivity contribution in [3.8, 4) is 22.8 Å². The lowest BCUT2D eigenvalue weighted by atomic mass is 10.2. The Hall–Kier alpha value is -3.81. The monoisotopic (exact) mass is 573 g/mol. The summed E-state index contributed by atoms with van der Waals surface area (Å²) in [4.78, 5) is 12.8. The first-order chi connectivity index (χ1) is 18.6. The lowest BCUT2D eigenvalue weighted by Gasteiger charge is -2.14. The van der Waals surface area contributed by atoms with Gasteiger partial charge in [-0.1, -0.05) is 48.2 Å². The summed E-state index contributed by atoms with van der Waals surface area (Å²) in [7, 11) is -0.780. The molecule has 0 aliphatic heterocycles. The van der Waals surface area contributed by atoms with Gasteiger partial charge in [-0.15, -0.1) is 10.2 Å². The standard InChI is InChI=1S/C26H25F2N5O4S2/c1-17-8-6-10-19(14-17)33-24(18-9-7-11-20(15-18)39(35,36)32(2)3)30-31-26(33)38-16-23(34)29-21-12-4-5-13-22(21)37-25(27)28/h4-15,25H,16H2,1-3H3,(H,29,34). The molecule has 4 rings (SSSR count). The van der Waals surface area contributed by atoms with Crippen LogP contribution in [0.4, 0.5) is 14.5 Å². The van der Waals surface area contributed by atoms with Gasteiger partial charge in [0.2, 0.25) is 15.9 Å². The number of nitrogens with one attached hydrogen (secondary N) is 1. The molecule has 204 valence electrons. The predicted molar refractivity (Wildman–Crippen MR) is 145 cm³/mol. The zero-order valence-electron chi connectivity index (χ0n) is 21.2. The molecule has 1 aromatic heterocycles. The number of para-hydroxylation sites is 2. The van der Waals surface area contributed by atoms with Crippen LogP contribution in [0.15, 0.2) is 82.8 Å². The molecule has 0 spiro atoms. The highest BCUT2D eigenvalue weighted by molar-refractivity contribution is 7.99. The zero-order chi connectivity index (χ0) is 28.2. The van der Waals surface area contributed by atoms with Crippen molar-refractivity contribution in [2.45, 2.75) is 23.6 Å². The minimum Gasteiger partial charge on any atom is -0.433 e. The van der Waals surface area contributed by atoms with E-state index in [4.69, 9.17) is 0 Å². The van der Waals surface area contributed by atoms with E-state index in [0.717, 1.165) is 27.3 Å². The highest BCUT2D eigenvalue weighted by atomic mass is 32.2. The number of hydrogen-bond donors (Lipinski definition) is 1. The normalized spacial score (nSPS) is 11.7. The van der Waals surface area contributed by atoms with E-state index in [0.29, 0.717) is 16.5 Å². The van der Waals surface area contributed by atoms with Gasteiger partial charge in [0.05, 0.1) is 16.3 Å². The molecule has 0 aliphatic carbocycles. The van der Waals surface area contributed by atoms with E-state index in [-0.39, 0.29) is 22.1 Å². The molecule has 3 aromatic carbocycles. The topological polar surface area (TPSA) is 106 Å². The van der Waals surface area contributed by atoms with E-state index in [1.807, 2.05) is 31.2 Å². The summed E-state index contributed by atoms with van der Waals surface area (Å²) in [5, 5.41) is 11.6. The van der Waals surface area contributed by atoms with Crippen molar-refractivity contribution >= 4 is 33.4 Å². The van der Waals surface area contributed by atoms with Crippen LogP contribution in [0.5, 0.6) is 5.75 Å². The number of aromatic nitrogens is 3. The molecule has 0 aliphatic rings. The highest BCUT2D eigenvalue weighted by Gasteiger charge is 2.22. The van der Waals surface area contributed by atoms with Gasteiger partial charge in [0.1, 0.15) is 5.75 Å². The van der Waals surface area contributed by atoms with Gasteiger partial charge >= 0.3 is 6.61 Å². The number of anilines is 1. The van der Waals surface area contributed by atoms with E-state index in [1.165, 1.54) is 44.4 Å². The average Bonchev–Trinajstić information content (AvgIpc) is 3.32. The molecule has 39 heavy (non-hydrogen) atoms. The molecular formula is C26H25F2N5O4S2. The molecule has 0 saturated heterocycles. The van der Waals surface area contributed by atoms with Crippen LogP contribution in [0.25, 0.3) is 17.1 Å². The molecule has 0 radical (unpaired) electrons. The lowest BCUT2D eigenvalue weighted by Crippen LogP contribution is -2.22. The Morgan fingerprint density at radius 1 is 1.05 bits per heavy atom. The number of nitrogens with zero attached hydrogens (tertiary/aromatic N) is 4. The Bertz CT molecular complexity index is 1590. The van der Waals surface area contributed by atoms with Crippen LogP contribution >= 0.6 is 11.8 Å². The third-order valence-corrected chi connectivity index (χ3v) is 8.21. The van der Waals surface area contributed by atoms with Crippen molar-refractivity contribution in [1.29, 1.82) is 0 Å². The number of aryl methyl sites for hydroxylation is 1. The largest absolute Gasteiger partial charge is 0.433 e. The molecule has 1 amide bonds. The SMILES string of the molecule is Cc1cccc(-n2c(SCC(=O)Nc3ccccc3OC(F)F)nnc2-c2cccc(S(=O)(=O)N(C)C)c2)c1. The number of benzene rings is 3. The van der Waals surface area contributed by atoms with E-state index < -0.39 is 22.5 Å². The maximum atomic E-state index is 12.7. The summed E-state index contributed by atoms with van der Waals surface area (Å²) in [5.74, 6) is -0.342. The Balaban J connectivity index is 1.65. The van der Waals surface area contributed by atoms with Crippen LogP contribution in [-0.2, 0) is 14.8 Å². The van der Waals surface area contributed by atoms with Crippen LogP contribution in [0.1, 0.15) is 5.56 Å². The van der Waals surface area contributed by atoms with Gasteiger partial charge in [-0.05, 0) is 48.9 Å². The van der Waals surface area contributed by atoms with Crippen LogP contribution in [0.3, 0.4) is 0 Å². The van der Waals surface area contributed by atoms with E-state index in [1.54, 1.807) is 22.8 Å². The van der Waals surface area contributed by atoms with Gasteiger partial charge in [-0.25, -0.2) is 12.7 Å². The number of thioether (sulfide) groups is 1. The fourth-order valence-electron chi connectivity index (χ4n) is 3.64. The molecule has 9 nitrogen and oxygen atoms in total. The van der Waals surface area contributed by atoms with Gasteiger partial charge < -0.3 is 10.1 Å². The van der Waals surface area contributed by atoms with Crippen LogP contribution in [0, 0.1) is 6.92 Å². The molecule has 1 heterocycles. The van der Waals surface area contributed by atoms with Gasteiger partial charge in [0, 0.05) is 25.3 Å². The number of alkyl halides is 2. The molecule has 0 saturated carbocycles. The lowest BCUT2D eigenvalue weighted by molar-refractivity contribution is -0.113. The van der Waals surface area contributed by atoms with E-state index in [9.17, 15) is 22.0 Å². The molecule has 0 bridgehead atoms. The van der Waals surface area contributed by atoms with Gasteiger partial charge in [0.25, 0.3) is 0 Å². The maximum Gasteiger partial charge on any atom is 0.387 e. The number of sulfonamides is 1. The molecular weight excluding hydrogens is 548 g/mol. The molecule has 1 N–H and O–H groups in total. The number of rotatable bonds is 10. The number of halogens is 2. The van der Waals surface area contributed by atoms with E-state index >= 15 is 0 Å². The number of carbonyl (C=O) groups excluding carboxylic acids is 1. The average molecular weight is 574 g/mol. The van der Waals surface area contributed by atoms with Crippen molar-refractivity contribution < 1.29 is 26.7 Å². The van der Waals surface area contributed by atoms with Crippen molar-refractivity contribution in [1.82, 2.24) is 19.1 Å². The van der Waals surface area contributed by atoms with Crippen molar-refractivity contribution in [2.24, 2.45) is 0 Å². The Labute approximate surface area is 228 Å². The first-order valence-corrected chi connectivity index (χ1v) is 14.0. The van der Waals surface area contributed by atoms with E-state index in [2.05, 4.69) is 20.3 Å². The third-order valence-electron chi connectivity index (χ3n) is 5.47. The molecule has 0 fully saturated rings. The third kappa shape index (κ3) is 6.61. The Morgan fingerprint density at radius 3 is 2.51 bits per heavy atom. The molecule has 0 unspecified atom stereocenters.